The number of hydrogen-bond acceptors (Lipinski definition) is 4. The lowest BCUT2D eigenvalue weighted by atomic mass is 9.46. The molecule has 4 aliphatic rings. The zero-order valence-electron chi connectivity index (χ0n) is 15.7. The highest BCUT2D eigenvalue weighted by Crippen LogP contribution is 2.64. The Kier molecular flexibility index (Phi) is 4.42. The van der Waals surface area contributed by atoms with Crippen molar-refractivity contribution in [3.63, 3.8) is 0 Å². The lowest BCUT2D eigenvalue weighted by molar-refractivity contribution is -0.150. The van der Waals surface area contributed by atoms with Crippen molar-refractivity contribution in [2.75, 3.05) is 5.32 Å². The van der Waals surface area contributed by atoms with Crippen molar-refractivity contribution >= 4 is 27.5 Å². The first-order valence-corrected chi connectivity index (χ1v) is 10.6. The molecule has 4 fully saturated rings. The summed E-state index contributed by atoms with van der Waals surface area (Å²) in [5.41, 5.74) is -0.453. The van der Waals surface area contributed by atoms with Gasteiger partial charge >= 0.3 is 6.61 Å². The molecule has 0 radical (unpaired) electrons. The summed E-state index contributed by atoms with van der Waals surface area (Å²) >= 11 is 3.33. The lowest BCUT2D eigenvalue weighted by Gasteiger charge is -2.60. The number of ether oxygens (including phenoxy) is 1. The summed E-state index contributed by atoms with van der Waals surface area (Å²) < 4.78 is 32.5. The number of nitrogens with zero attached hydrogens (tertiary/aromatic N) is 3. The molecule has 29 heavy (non-hydrogen) atoms. The van der Waals surface area contributed by atoms with E-state index in [1.54, 1.807) is 24.5 Å². The molecule has 6 rings (SSSR count). The maximum Gasteiger partial charge on any atom is 0.387 e. The number of para-hydroxylation sites is 2. The second-order valence-electron chi connectivity index (χ2n) is 8.75. The van der Waals surface area contributed by atoms with Crippen LogP contribution in [0.25, 0.3) is 0 Å². The molecule has 2 atom stereocenters. The van der Waals surface area contributed by atoms with E-state index in [1.807, 2.05) is 4.68 Å². The minimum absolute atomic E-state index is 0.0181. The zero-order chi connectivity index (χ0) is 20.2. The standard InChI is InChI=1S/C20H21BrF2N4O2/c21-17-24-11-27(26-17)20-8-12-5-13(9-20)7-19(6-12,10-20)16(28)25-14-3-1-2-4-15(14)29-18(22)23/h1-4,11-13,18H,5-10H2,(H,25,28)/t12-,13-,19?,20?/m0/s1. The summed E-state index contributed by atoms with van der Waals surface area (Å²) in [7, 11) is 0. The average Bonchev–Trinajstić information content (AvgIpc) is 3.09. The van der Waals surface area contributed by atoms with Crippen LogP contribution in [0.5, 0.6) is 5.75 Å². The molecular weight excluding hydrogens is 446 g/mol. The Bertz CT molecular complexity index is 936. The second kappa shape index (κ2) is 6.75. The van der Waals surface area contributed by atoms with Gasteiger partial charge in [0.2, 0.25) is 10.6 Å². The van der Waals surface area contributed by atoms with Crippen molar-refractivity contribution in [1.82, 2.24) is 14.8 Å². The van der Waals surface area contributed by atoms with Crippen LogP contribution in [0.15, 0.2) is 35.3 Å². The summed E-state index contributed by atoms with van der Waals surface area (Å²) in [6.07, 6.45) is 7.22. The van der Waals surface area contributed by atoms with Crippen molar-refractivity contribution in [3.05, 3.63) is 35.3 Å². The molecule has 9 heteroatoms. The van der Waals surface area contributed by atoms with Crippen LogP contribution in [0.2, 0.25) is 0 Å². The molecule has 1 amide bonds. The quantitative estimate of drug-likeness (QED) is 0.700. The normalized spacial score (nSPS) is 32.6. The minimum atomic E-state index is -2.94. The fraction of sp³-hybridized carbons (Fsp3) is 0.550. The molecule has 0 saturated heterocycles. The molecule has 6 nitrogen and oxygen atoms in total. The first-order valence-electron chi connectivity index (χ1n) is 9.80. The van der Waals surface area contributed by atoms with Crippen LogP contribution < -0.4 is 10.1 Å². The van der Waals surface area contributed by atoms with E-state index < -0.39 is 12.0 Å². The molecule has 0 unspecified atom stereocenters. The fourth-order valence-electron chi connectivity index (χ4n) is 6.24. The van der Waals surface area contributed by atoms with E-state index in [0.29, 0.717) is 23.0 Å². The molecule has 1 heterocycles. The van der Waals surface area contributed by atoms with Gasteiger partial charge < -0.3 is 10.1 Å². The molecule has 1 N–H and O–H groups in total. The van der Waals surface area contributed by atoms with Crippen molar-refractivity contribution < 1.29 is 18.3 Å². The molecule has 0 spiro atoms. The summed E-state index contributed by atoms with van der Waals surface area (Å²) in [5, 5.41) is 7.40. The number of hydrogen-bond donors (Lipinski definition) is 1. The fourth-order valence-corrected chi connectivity index (χ4v) is 6.51. The van der Waals surface area contributed by atoms with Gasteiger partial charge in [0, 0.05) is 0 Å². The Balaban J connectivity index is 1.45. The number of rotatable bonds is 5. The summed E-state index contributed by atoms with van der Waals surface area (Å²) in [5.74, 6) is 0.783. The van der Waals surface area contributed by atoms with Gasteiger partial charge in [-0.05, 0) is 78.4 Å². The number of carbonyl (C=O) groups is 1. The number of amides is 1. The Hall–Kier alpha value is -2.03. The SMILES string of the molecule is O=C(Nc1ccccc1OC(F)F)C12C[C@@H]3C[C@@H](C1)CC(n1cnc(Br)n1)(C3)C2. The van der Waals surface area contributed by atoms with Gasteiger partial charge in [-0.25, -0.2) is 9.67 Å². The average molecular weight is 467 g/mol. The van der Waals surface area contributed by atoms with Gasteiger partial charge in [0.15, 0.2) is 0 Å². The van der Waals surface area contributed by atoms with Gasteiger partial charge in [0.05, 0.1) is 16.6 Å². The van der Waals surface area contributed by atoms with Gasteiger partial charge in [-0.15, -0.1) is 5.10 Å². The molecule has 4 aliphatic carbocycles. The molecule has 4 saturated carbocycles. The first kappa shape index (κ1) is 19.0. The van der Waals surface area contributed by atoms with Crippen LogP contribution in [-0.2, 0) is 10.3 Å². The van der Waals surface area contributed by atoms with E-state index >= 15 is 0 Å². The lowest BCUT2D eigenvalue weighted by Crippen LogP contribution is -2.60. The van der Waals surface area contributed by atoms with Gasteiger partial charge in [0.1, 0.15) is 12.1 Å². The van der Waals surface area contributed by atoms with E-state index in [-0.39, 0.29) is 22.9 Å². The predicted octanol–water partition coefficient (Wildman–Crippen LogP) is 4.58. The van der Waals surface area contributed by atoms with E-state index in [1.165, 1.54) is 6.07 Å². The summed E-state index contributed by atoms with van der Waals surface area (Å²) in [4.78, 5) is 17.7. The highest BCUT2D eigenvalue weighted by Gasteiger charge is 2.61. The maximum absolute atomic E-state index is 13.5. The molecule has 2 aromatic rings. The van der Waals surface area contributed by atoms with E-state index in [4.69, 9.17) is 0 Å². The van der Waals surface area contributed by atoms with Crippen LogP contribution in [0, 0.1) is 17.3 Å². The summed E-state index contributed by atoms with van der Waals surface area (Å²) in [6, 6.07) is 6.34. The van der Waals surface area contributed by atoms with Gasteiger partial charge in [-0.3, -0.25) is 4.79 Å². The number of benzene rings is 1. The number of alkyl halides is 2. The van der Waals surface area contributed by atoms with Gasteiger partial charge in [-0.1, -0.05) is 12.1 Å². The van der Waals surface area contributed by atoms with Crippen LogP contribution >= 0.6 is 15.9 Å². The van der Waals surface area contributed by atoms with E-state index in [0.717, 1.165) is 32.1 Å². The topological polar surface area (TPSA) is 69.0 Å². The van der Waals surface area contributed by atoms with Gasteiger partial charge in [0.25, 0.3) is 0 Å². The van der Waals surface area contributed by atoms with Crippen LogP contribution in [0.1, 0.15) is 38.5 Å². The third-order valence-corrected chi connectivity index (χ3v) is 7.18. The minimum Gasteiger partial charge on any atom is -0.433 e. The monoisotopic (exact) mass is 466 g/mol. The van der Waals surface area contributed by atoms with Crippen LogP contribution in [-0.4, -0.2) is 27.3 Å². The molecule has 1 aromatic carbocycles. The highest BCUT2D eigenvalue weighted by molar-refractivity contribution is 9.10. The number of carbonyl (C=O) groups excluding carboxylic acids is 1. The van der Waals surface area contributed by atoms with Crippen molar-refractivity contribution in [3.8, 4) is 5.75 Å². The highest BCUT2D eigenvalue weighted by atomic mass is 79.9. The van der Waals surface area contributed by atoms with Crippen molar-refractivity contribution in [2.24, 2.45) is 17.3 Å². The number of aromatic nitrogens is 3. The van der Waals surface area contributed by atoms with Gasteiger partial charge in [-0.2, -0.15) is 8.78 Å². The Morgan fingerprint density at radius 3 is 2.62 bits per heavy atom. The second-order valence-corrected chi connectivity index (χ2v) is 9.46. The first-order chi connectivity index (χ1) is 13.9. The number of anilines is 1. The van der Waals surface area contributed by atoms with Crippen LogP contribution in [0.3, 0.4) is 0 Å². The maximum atomic E-state index is 13.5. The molecule has 154 valence electrons. The summed E-state index contributed by atoms with van der Waals surface area (Å²) in [6.45, 7) is -2.94. The molecule has 1 aromatic heterocycles. The number of halogens is 3. The molecule has 0 aliphatic heterocycles. The predicted molar refractivity (Wildman–Crippen MR) is 105 cm³/mol. The zero-order valence-corrected chi connectivity index (χ0v) is 17.2. The van der Waals surface area contributed by atoms with Crippen LogP contribution in [0.4, 0.5) is 14.5 Å². The molecule has 4 bridgehead atoms. The van der Waals surface area contributed by atoms with Crippen molar-refractivity contribution in [1.29, 1.82) is 0 Å². The third-order valence-electron chi connectivity index (χ3n) is 6.81. The Labute approximate surface area is 175 Å². The Morgan fingerprint density at radius 1 is 1.24 bits per heavy atom. The smallest absolute Gasteiger partial charge is 0.387 e. The van der Waals surface area contributed by atoms with E-state index in [9.17, 15) is 13.6 Å². The molecular formula is C20H21BrF2N4O2. The third kappa shape index (κ3) is 3.23. The number of nitrogens with one attached hydrogen (secondary N) is 1. The van der Waals surface area contributed by atoms with E-state index in [2.05, 4.69) is 36.1 Å². The largest absolute Gasteiger partial charge is 0.433 e. The Morgan fingerprint density at radius 2 is 1.97 bits per heavy atom. The van der Waals surface area contributed by atoms with Crippen molar-refractivity contribution in [2.45, 2.75) is 50.7 Å².